The molecule has 0 aliphatic rings. The maximum atomic E-state index is 12.8. The molecule has 0 spiro atoms. The van der Waals surface area contributed by atoms with Crippen molar-refractivity contribution in [3.05, 3.63) is 65.5 Å². The SMILES string of the molecule is Cc1cccc(OCC(=O)NNC(=S)NCc2ccc(F)cc2)c1. The van der Waals surface area contributed by atoms with E-state index in [9.17, 15) is 9.18 Å². The van der Waals surface area contributed by atoms with Crippen LogP contribution in [0.25, 0.3) is 0 Å². The first-order valence-corrected chi connectivity index (χ1v) is 7.70. The van der Waals surface area contributed by atoms with Crippen LogP contribution in [0.3, 0.4) is 0 Å². The van der Waals surface area contributed by atoms with E-state index in [2.05, 4.69) is 16.2 Å². The van der Waals surface area contributed by atoms with Crippen molar-refractivity contribution in [1.29, 1.82) is 0 Å². The van der Waals surface area contributed by atoms with Crippen LogP contribution in [0.5, 0.6) is 5.75 Å². The predicted octanol–water partition coefficient (Wildman–Crippen LogP) is 2.21. The Hall–Kier alpha value is -2.67. The molecule has 24 heavy (non-hydrogen) atoms. The van der Waals surface area contributed by atoms with Gasteiger partial charge in [0.05, 0.1) is 0 Å². The summed E-state index contributed by atoms with van der Waals surface area (Å²) in [5.41, 5.74) is 6.94. The van der Waals surface area contributed by atoms with E-state index in [1.807, 2.05) is 25.1 Å². The summed E-state index contributed by atoms with van der Waals surface area (Å²) in [6, 6.07) is 13.5. The third-order valence-electron chi connectivity index (χ3n) is 3.04. The standard InChI is InChI=1S/C17H18FN3O2S/c1-12-3-2-4-15(9-12)23-11-16(22)20-21-17(24)19-10-13-5-7-14(18)8-6-13/h2-9H,10-11H2,1H3,(H,20,22)(H2,19,21,24). The van der Waals surface area contributed by atoms with Gasteiger partial charge in [-0.05, 0) is 54.5 Å². The molecule has 5 nitrogen and oxygen atoms in total. The molecule has 2 rings (SSSR count). The average Bonchev–Trinajstić information content (AvgIpc) is 2.57. The number of carbonyl (C=O) groups is 1. The lowest BCUT2D eigenvalue weighted by Crippen LogP contribution is -2.48. The van der Waals surface area contributed by atoms with Crippen molar-refractivity contribution in [2.45, 2.75) is 13.5 Å². The molecular weight excluding hydrogens is 329 g/mol. The van der Waals surface area contributed by atoms with Gasteiger partial charge in [0.25, 0.3) is 5.91 Å². The number of carbonyl (C=O) groups excluding carboxylic acids is 1. The molecule has 0 heterocycles. The molecule has 0 saturated heterocycles. The number of amides is 1. The monoisotopic (exact) mass is 347 g/mol. The number of hydrogen-bond acceptors (Lipinski definition) is 3. The van der Waals surface area contributed by atoms with E-state index in [0.717, 1.165) is 11.1 Å². The Morgan fingerprint density at radius 3 is 2.62 bits per heavy atom. The number of benzene rings is 2. The third kappa shape index (κ3) is 6.21. The maximum Gasteiger partial charge on any atom is 0.276 e. The highest BCUT2D eigenvalue weighted by molar-refractivity contribution is 7.80. The largest absolute Gasteiger partial charge is 0.484 e. The van der Waals surface area contributed by atoms with Gasteiger partial charge < -0.3 is 10.1 Å². The molecule has 0 unspecified atom stereocenters. The highest BCUT2D eigenvalue weighted by Crippen LogP contribution is 2.11. The zero-order valence-electron chi connectivity index (χ0n) is 13.1. The maximum absolute atomic E-state index is 12.8. The summed E-state index contributed by atoms with van der Waals surface area (Å²) < 4.78 is 18.2. The van der Waals surface area contributed by atoms with E-state index in [1.54, 1.807) is 18.2 Å². The number of thiocarbonyl (C=S) groups is 1. The van der Waals surface area contributed by atoms with Crippen LogP contribution in [0.1, 0.15) is 11.1 Å². The summed E-state index contributed by atoms with van der Waals surface area (Å²) in [6.45, 7) is 2.23. The second kappa shape index (κ2) is 8.83. The molecule has 0 aliphatic heterocycles. The van der Waals surface area contributed by atoms with E-state index >= 15 is 0 Å². The second-order valence-corrected chi connectivity index (χ2v) is 5.50. The van der Waals surface area contributed by atoms with Crippen LogP contribution < -0.4 is 20.9 Å². The predicted molar refractivity (Wildman–Crippen MR) is 93.8 cm³/mol. The van der Waals surface area contributed by atoms with Crippen LogP contribution in [0.2, 0.25) is 0 Å². The fourth-order valence-electron chi connectivity index (χ4n) is 1.85. The number of aryl methyl sites for hydroxylation is 1. The molecule has 2 aromatic carbocycles. The third-order valence-corrected chi connectivity index (χ3v) is 3.29. The van der Waals surface area contributed by atoms with Crippen molar-refractivity contribution in [2.75, 3.05) is 6.61 Å². The molecule has 0 fully saturated rings. The molecule has 0 radical (unpaired) electrons. The zero-order chi connectivity index (χ0) is 17.4. The molecule has 0 bridgehead atoms. The van der Waals surface area contributed by atoms with E-state index in [1.165, 1.54) is 12.1 Å². The summed E-state index contributed by atoms with van der Waals surface area (Å²) in [7, 11) is 0. The smallest absolute Gasteiger partial charge is 0.276 e. The topological polar surface area (TPSA) is 62.4 Å². The number of halogens is 1. The van der Waals surface area contributed by atoms with Crippen molar-refractivity contribution in [2.24, 2.45) is 0 Å². The van der Waals surface area contributed by atoms with Crippen LogP contribution in [-0.4, -0.2) is 17.6 Å². The Morgan fingerprint density at radius 2 is 1.92 bits per heavy atom. The van der Waals surface area contributed by atoms with E-state index in [-0.39, 0.29) is 23.4 Å². The van der Waals surface area contributed by atoms with E-state index in [0.29, 0.717) is 12.3 Å². The van der Waals surface area contributed by atoms with Gasteiger partial charge in [-0.2, -0.15) is 0 Å². The summed E-state index contributed by atoms with van der Waals surface area (Å²) in [6.07, 6.45) is 0. The van der Waals surface area contributed by atoms with Crippen LogP contribution in [0, 0.1) is 12.7 Å². The molecule has 0 saturated carbocycles. The van der Waals surface area contributed by atoms with Gasteiger partial charge in [0.2, 0.25) is 0 Å². The molecule has 2 aromatic rings. The van der Waals surface area contributed by atoms with Gasteiger partial charge in [-0.25, -0.2) is 4.39 Å². The Bertz CT molecular complexity index is 707. The second-order valence-electron chi connectivity index (χ2n) is 5.09. The first-order valence-electron chi connectivity index (χ1n) is 7.29. The minimum atomic E-state index is -0.359. The number of hydrogen-bond donors (Lipinski definition) is 3. The van der Waals surface area contributed by atoms with Gasteiger partial charge in [0, 0.05) is 6.54 Å². The normalized spacial score (nSPS) is 9.92. The number of hydrazine groups is 1. The van der Waals surface area contributed by atoms with Gasteiger partial charge in [0.15, 0.2) is 11.7 Å². The quantitative estimate of drug-likeness (QED) is 0.572. The molecule has 0 aromatic heterocycles. The van der Waals surface area contributed by atoms with Crippen molar-refractivity contribution in [3.8, 4) is 5.75 Å². The Balaban J connectivity index is 1.65. The minimum absolute atomic E-state index is 0.128. The lowest BCUT2D eigenvalue weighted by atomic mass is 10.2. The summed E-state index contributed by atoms with van der Waals surface area (Å²) >= 11 is 5.04. The van der Waals surface area contributed by atoms with Gasteiger partial charge in [-0.15, -0.1) is 0 Å². The van der Waals surface area contributed by atoms with Gasteiger partial charge in [-0.3, -0.25) is 15.6 Å². The van der Waals surface area contributed by atoms with Gasteiger partial charge in [0.1, 0.15) is 11.6 Å². The highest BCUT2D eigenvalue weighted by Gasteiger charge is 2.04. The molecule has 0 atom stereocenters. The van der Waals surface area contributed by atoms with Crippen LogP contribution in [0.15, 0.2) is 48.5 Å². The molecule has 126 valence electrons. The lowest BCUT2D eigenvalue weighted by Gasteiger charge is -2.12. The summed E-state index contributed by atoms with van der Waals surface area (Å²) in [4.78, 5) is 11.7. The fourth-order valence-corrected chi connectivity index (χ4v) is 1.97. The molecular formula is C17H18FN3O2S. The number of rotatable bonds is 5. The highest BCUT2D eigenvalue weighted by atomic mass is 32.1. The Morgan fingerprint density at radius 1 is 1.17 bits per heavy atom. The molecule has 7 heteroatoms. The first kappa shape index (κ1) is 17.7. The molecule has 3 N–H and O–H groups in total. The molecule has 0 aliphatic carbocycles. The van der Waals surface area contributed by atoms with E-state index in [4.69, 9.17) is 17.0 Å². The van der Waals surface area contributed by atoms with Crippen molar-refractivity contribution in [3.63, 3.8) is 0 Å². The summed E-state index contributed by atoms with van der Waals surface area (Å²) in [5, 5.41) is 3.15. The van der Waals surface area contributed by atoms with E-state index < -0.39 is 0 Å². The minimum Gasteiger partial charge on any atom is -0.484 e. The Kier molecular flexibility index (Phi) is 6.51. The fraction of sp³-hybridized carbons (Fsp3) is 0.176. The van der Waals surface area contributed by atoms with Crippen LogP contribution >= 0.6 is 12.2 Å². The Labute approximate surface area is 145 Å². The number of nitrogens with one attached hydrogen (secondary N) is 3. The van der Waals surface area contributed by atoms with Crippen molar-refractivity contribution in [1.82, 2.24) is 16.2 Å². The van der Waals surface area contributed by atoms with Crippen LogP contribution in [-0.2, 0) is 11.3 Å². The van der Waals surface area contributed by atoms with Gasteiger partial charge in [-0.1, -0.05) is 24.3 Å². The van der Waals surface area contributed by atoms with Crippen molar-refractivity contribution < 1.29 is 13.9 Å². The lowest BCUT2D eigenvalue weighted by molar-refractivity contribution is -0.123. The van der Waals surface area contributed by atoms with Crippen molar-refractivity contribution >= 4 is 23.2 Å². The van der Waals surface area contributed by atoms with Crippen LogP contribution in [0.4, 0.5) is 4.39 Å². The first-order chi connectivity index (χ1) is 11.5. The van der Waals surface area contributed by atoms with Gasteiger partial charge >= 0.3 is 0 Å². The summed E-state index contributed by atoms with van der Waals surface area (Å²) in [5.74, 6) is -0.0232. The zero-order valence-corrected chi connectivity index (χ0v) is 14.0. The molecule has 1 amide bonds. The number of ether oxygens (including phenoxy) is 1. The average molecular weight is 347 g/mol.